The molecule has 1 saturated heterocycles. The van der Waals surface area contributed by atoms with Gasteiger partial charge in [0.2, 0.25) is 5.89 Å². The number of para-hydroxylation sites is 1. The van der Waals surface area contributed by atoms with Crippen molar-refractivity contribution >= 4 is 0 Å². The van der Waals surface area contributed by atoms with Crippen molar-refractivity contribution in [3.8, 4) is 5.75 Å². The van der Waals surface area contributed by atoms with E-state index in [4.69, 9.17) is 9.26 Å². The SMILES string of the molecule is CCc1nc(CN(C)[C@@H]2CCN(CCCOc3ccccc3)C2)no1. The molecule has 2 heterocycles. The van der Waals surface area contributed by atoms with Gasteiger partial charge in [0.25, 0.3) is 0 Å². The fourth-order valence-electron chi connectivity index (χ4n) is 3.22. The second-order valence-corrected chi connectivity index (χ2v) is 6.63. The van der Waals surface area contributed by atoms with Crippen LogP contribution in [-0.2, 0) is 13.0 Å². The van der Waals surface area contributed by atoms with Crippen LogP contribution in [0.1, 0.15) is 31.5 Å². The fraction of sp³-hybridized carbons (Fsp3) is 0.579. The lowest BCUT2D eigenvalue weighted by Gasteiger charge is -2.23. The zero-order valence-electron chi connectivity index (χ0n) is 15.2. The molecule has 0 aliphatic carbocycles. The summed E-state index contributed by atoms with van der Waals surface area (Å²) in [7, 11) is 2.15. The van der Waals surface area contributed by atoms with E-state index in [1.165, 1.54) is 6.42 Å². The summed E-state index contributed by atoms with van der Waals surface area (Å²) >= 11 is 0. The summed E-state index contributed by atoms with van der Waals surface area (Å²) in [5, 5.41) is 4.05. The molecule has 0 unspecified atom stereocenters. The zero-order valence-corrected chi connectivity index (χ0v) is 15.2. The molecule has 1 aromatic carbocycles. The first-order valence-corrected chi connectivity index (χ1v) is 9.16. The predicted octanol–water partition coefficient (Wildman–Crippen LogP) is 2.61. The van der Waals surface area contributed by atoms with Crippen LogP contribution in [0.5, 0.6) is 5.75 Å². The van der Waals surface area contributed by atoms with Gasteiger partial charge in [0, 0.05) is 25.6 Å². The van der Waals surface area contributed by atoms with Gasteiger partial charge in [-0.15, -0.1) is 0 Å². The van der Waals surface area contributed by atoms with Crippen LogP contribution in [0, 0.1) is 0 Å². The van der Waals surface area contributed by atoms with Crippen LogP contribution >= 0.6 is 0 Å². The third-order valence-electron chi connectivity index (χ3n) is 4.70. The molecule has 25 heavy (non-hydrogen) atoms. The number of hydrogen-bond donors (Lipinski definition) is 0. The maximum atomic E-state index is 5.77. The lowest BCUT2D eigenvalue weighted by molar-refractivity contribution is 0.210. The highest BCUT2D eigenvalue weighted by Gasteiger charge is 2.26. The Kier molecular flexibility index (Phi) is 6.42. The molecule has 1 aromatic heterocycles. The van der Waals surface area contributed by atoms with E-state index < -0.39 is 0 Å². The van der Waals surface area contributed by atoms with E-state index in [1.807, 2.05) is 37.3 Å². The quantitative estimate of drug-likeness (QED) is 0.652. The minimum absolute atomic E-state index is 0.554. The second-order valence-electron chi connectivity index (χ2n) is 6.63. The van der Waals surface area contributed by atoms with E-state index in [0.717, 1.165) is 63.1 Å². The van der Waals surface area contributed by atoms with Crippen molar-refractivity contribution in [3.05, 3.63) is 42.0 Å². The molecular weight excluding hydrogens is 316 g/mol. The smallest absolute Gasteiger partial charge is 0.226 e. The van der Waals surface area contributed by atoms with E-state index in [0.29, 0.717) is 6.04 Å². The number of hydrogen-bond acceptors (Lipinski definition) is 6. The third kappa shape index (κ3) is 5.28. The van der Waals surface area contributed by atoms with Crippen molar-refractivity contribution in [2.24, 2.45) is 0 Å². The molecule has 0 radical (unpaired) electrons. The van der Waals surface area contributed by atoms with Gasteiger partial charge in [-0.25, -0.2) is 0 Å². The monoisotopic (exact) mass is 344 g/mol. The number of likely N-dealkylation sites (tertiary alicyclic amines) is 1. The zero-order chi connectivity index (χ0) is 17.5. The Morgan fingerprint density at radius 1 is 1.32 bits per heavy atom. The molecule has 0 saturated carbocycles. The minimum atomic E-state index is 0.554. The van der Waals surface area contributed by atoms with Crippen molar-refractivity contribution in [2.75, 3.05) is 33.3 Å². The molecule has 6 nitrogen and oxygen atoms in total. The molecule has 1 aliphatic rings. The molecule has 136 valence electrons. The minimum Gasteiger partial charge on any atom is -0.494 e. The summed E-state index contributed by atoms with van der Waals surface area (Å²) in [5.41, 5.74) is 0. The molecule has 0 amide bonds. The maximum absolute atomic E-state index is 5.77. The number of aromatic nitrogens is 2. The Labute approximate surface area is 149 Å². The number of rotatable bonds is 9. The number of benzene rings is 1. The molecular formula is C19H28N4O2. The van der Waals surface area contributed by atoms with Crippen molar-refractivity contribution < 1.29 is 9.26 Å². The molecule has 1 fully saturated rings. The predicted molar refractivity (Wildman–Crippen MR) is 96.5 cm³/mol. The van der Waals surface area contributed by atoms with Crippen molar-refractivity contribution in [1.29, 1.82) is 0 Å². The first-order valence-electron chi connectivity index (χ1n) is 9.16. The average molecular weight is 344 g/mol. The van der Waals surface area contributed by atoms with Crippen LogP contribution in [0.4, 0.5) is 0 Å². The Morgan fingerprint density at radius 3 is 2.92 bits per heavy atom. The van der Waals surface area contributed by atoms with Gasteiger partial charge in [-0.2, -0.15) is 4.98 Å². The van der Waals surface area contributed by atoms with Gasteiger partial charge < -0.3 is 14.2 Å². The standard InChI is InChI=1S/C19H28N4O2/c1-3-19-20-18(21-25-19)15-22(2)16-10-12-23(14-16)11-7-13-24-17-8-5-4-6-9-17/h4-6,8-9,16H,3,7,10-15H2,1-2H3/t16-/m1/s1. The topological polar surface area (TPSA) is 54.6 Å². The second kappa shape index (κ2) is 8.97. The highest BCUT2D eigenvalue weighted by Crippen LogP contribution is 2.16. The van der Waals surface area contributed by atoms with Gasteiger partial charge in [0.05, 0.1) is 13.2 Å². The van der Waals surface area contributed by atoms with Gasteiger partial charge >= 0.3 is 0 Å². The summed E-state index contributed by atoms with van der Waals surface area (Å²) in [6.45, 7) is 6.87. The largest absolute Gasteiger partial charge is 0.494 e. The van der Waals surface area contributed by atoms with Crippen LogP contribution in [0.3, 0.4) is 0 Å². The van der Waals surface area contributed by atoms with Crippen LogP contribution in [0.15, 0.2) is 34.9 Å². The molecule has 0 N–H and O–H groups in total. The first-order chi connectivity index (χ1) is 12.2. The van der Waals surface area contributed by atoms with Gasteiger partial charge in [-0.3, -0.25) is 4.90 Å². The van der Waals surface area contributed by atoms with E-state index >= 15 is 0 Å². The maximum Gasteiger partial charge on any atom is 0.226 e. The van der Waals surface area contributed by atoms with E-state index in [1.54, 1.807) is 0 Å². The highest BCUT2D eigenvalue weighted by molar-refractivity contribution is 5.20. The summed E-state index contributed by atoms with van der Waals surface area (Å²) in [6.07, 6.45) is 3.03. The van der Waals surface area contributed by atoms with E-state index in [-0.39, 0.29) is 0 Å². The first kappa shape index (κ1) is 17.9. The van der Waals surface area contributed by atoms with Crippen LogP contribution in [0.2, 0.25) is 0 Å². The van der Waals surface area contributed by atoms with Gasteiger partial charge in [-0.1, -0.05) is 30.3 Å². The Hall–Kier alpha value is -1.92. The van der Waals surface area contributed by atoms with Gasteiger partial charge in [0.15, 0.2) is 5.82 Å². The summed E-state index contributed by atoms with van der Waals surface area (Å²) < 4.78 is 11.0. The Bertz CT molecular complexity index is 631. The number of ether oxygens (including phenoxy) is 1. The molecule has 1 atom stereocenters. The summed E-state index contributed by atoms with van der Waals surface area (Å²) in [4.78, 5) is 9.25. The van der Waals surface area contributed by atoms with Gasteiger partial charge in [-0.05, 0) is 38.6 Å². The van der Waals surface area contributed by atoms with Crippen LogP contribution in [-0.4, -0.2) is 59.3 Å². The van der Waals surface area contributed by atoms with E-state index in [9.17, 15) is 0 Å². The normalized spacial score (nSPS) is 18.1. The third-order valence-corrected chi connectivity index (χ3v) is 4.70. The Morgan fingerprint density at radius 2 is 2.16 bits per heavy atom. The lowest BCUT2D eigenvalue weighted by Crippen LogP contribution is -2.34. The fourth-order valence-corrected chi connectivity index (χ4v) is 3.22. The van der Waals surface area contributed by atoms with Crippen LogP contribution in [0.25, 0.3) is 0 Å². The molecule has 1 aliphatic heterocycles. The van der Waals surface area contributed by atoms with Crippen molar-refractivity contribution in [3.63, 3.8) is 0 Å². The average Bonchev–Trinajstić information content (AvgIpc) is 3.29. The molecule has 0 spiro atoms. The Balaban J connectivity index is 1.35. The number of nitrogens with zero attached hydrogens (tertiary/aromatic N) is 4. The summed E-state index contributed by atoms with van der Waals surface area (Å²) in [6, 6.07) is 10.6. The number of likely N-dealkylation sites (N-methyl/N-ethyl adjacent to an activating group) is 1. The highest BCUT2D eigenvalue weighted by atomic mass is 16.5. The summed E-state index contributed by atoms with van der Waals surface area (Å²) in [5.74, 6) is 2.46. The van der Waals surface area contributed by atoms with E-state index in [2.05, 4.69) is 27.0 Å². The van der Waals surface area contributed by atoms with Crippen molar-refractivity contribution in [2.45, 2.75) is 38.8 Å². The van der Waals surface area contributed by atoms with Gasteiger partial charge in [0.1, 0.15) is 5.75 Å². The molecule has 6 heteroatoms. The molecule has 0 bridgehead atoms. The lowest BCUT2D eigenvalue weighted by atomic mass is 10.2. The molecule has 3 rings (SSSR count). The van der Waals surface area contributed by atoms with Crippen molar-refractivity contribution in [1.82, 2.24) is 19.9 Å². The van der Waals surface area contributed by atoms with Crippen LogP contribution < -0.4 is 4.74 Å². The number of aryl methyl sites for hydroxylation is 1. The molecule has 2 aromatic rings.